The van der Waals surface area contributed by atoms with E-state index in [2.05, 4.69) is 5.92 Å². The molecule has 0 radical (unpaired) electrons. The van der Waals surface area contributed by atoms with Crippen LogP contribution in [0.25, 0.3) is 21.9 Å². The molecule has 0 fully saturated rings. The second kappa shape index (κ2) is 6.24. The van der Waals surface area contributed by atoms with Gasteiger partial charge in [-0.3, -0.25) is 0 Å². The van der Waals surface area contributed by atoms with Crippen LogP contribution in [0.3, 0.4) is 0 Å². The molecule has 1 unspecified atom stereocenters. The number of rotatable bonds is 3. The van der Waals surface area contributed by atoms with Crippen molar-refractivity contribution in [2.45, 2.75) is 19.4 Å². The third-order valence-corrected chi connectivity index (χ3v) is 3.96. The lowest BCUT2D eigenvalue weighted by atomic mass is 9.98. The predicted octanol–water partition coefficient (Wildman–Crippen LogP) is 4.49. The maximum atomic E-state index is 14.1. The smallest absolute Gasteiger partial charge is 0.131 e. The molecular formula is C21H17FO. The zero-order valence-electron chi connectivity index (χ0n) is 12.9. The van der Waals surface area contributed by atoms with Crippen LogP contribution in [0, 0.1) is 25.1 Å². The normalized spacial score (nSPS) is 12.1. The Morgan fingerprint density at radius 1 is 1.04 bits per heavy atom. The van der Waals surface area contributed by atoms with Crippen LogP contribution in [0.4, 0.5) is 4.39 Å². The Morgan fingerprint density at radius 2 is 1.78 bits per heavy atom. The van der Waals surface area contributed by atoms with Gasteiger partial charge in [0.05, 0.1) is 0 Å². The molecule has 1 N–H and O–H groups in total. The molecule has 0 amide bonds. The Labute approximate surface area is 135 Å². The van der Waals surface area contributed by atoms with Crippen LogP contribution < -0.4 is 0 Å². The molecule has 0 spiro atoms. The van der Waals surface area contributed by atoms with Gasteiger partial charge in [-0.1, -0.05) is 48.4 Å². The van der Waals surface area contributed by atoms with E-state index in [0.29, 0.717) is 12.0 Å². The number of aliphatic hydroxyl groups excluding tert-OH is 1. The molecule has 0 saturated carbocycles. The number of benzene rings is 3. The Bertz CT molecular complexity index is 905. The van der Waals surface area contributed by atoms with E-state index in [4.69, 9.17) is 6.42 Å². The molecule has 1 atom stereocenters. The zero-order valence-corrected chi connectivity index (χ0v) is 12.9. The summed E-state index contributed by atoms with van der Waals surface area (Å²) in [6, 6.07) is 17.0. The minimum atomic E-state index is -0.770. The summed E-state index contributed by atoms with van der Waals surface area (Å²) in [5, 5.41) is 11.6. The molecule has 2 heteroatoms. The standard InChI is InChI=1S/C21H17FO/c1-3-19(23)12-15-5-6-17-13-18(8-7-16(17)11-15)20-9-4-14(2)10-21(20)22/h1,4-11,13,19,23H,12H2,2H3. The van der Waals surface area contributed by atoms with Crippen molar-refractivity contribution in [3.8, 4) is 23.5 Å². The number of terminal acetylenes is 1. The summed E-state index contributed by atoms with van der Waals surface area (Å²) in [5.74, 6) is 2.11. The molecule has 23 heavy (non-hydrogen) atoms. The Kier molecular flexibility index (Phi) is 4.14. The maximum absolute atomic E-state index is 14.1. The van der Waals surface area contributed by atoms with Gasteiger partial charge in [-0.05, 0) is 46.5 Å². The van der Waals surface area contributed by atoms with E-state index in [-0.39, 0.29) is 5.82 Å². The third-order valence-electron chi connectivity index (χ3n) is 3.96. The van der Waals surface area contributed by atoms with Gasteiger partial charge in [0.1, 0.15) is 11.9 Å². The molecule has 0 aliphatic heterocycles. The number of hydrogen-bond acceptors (Lipinski definition) is 1. The van der Waals surface area contributed by atoms with Gasteiger partial charge in [0.15, 0.2) is 0 Å². The van der Waals surface area contributed by atoms with Crippen LogP contribution in [0.15, 0.2) is 54.6 Å². The molecule has 0 aliphatic carbocycles. The first-order valence-corrected chi connectivity index (χ1v) is 7.50. The van der Waals surface area contributed by atoms with Crippen LogP contribution in [-0.2, 0) is 6.42 Å². The lowest BCUT2D eigenvalue weighted by molar-refractivity contribution is 0.233. The fraction of sp³-hybridized carbons (Fsp3) is 0.143. The Hall–Kier alpha value is -2.63. The van der Waals surface area contributed by atoms with Gasteiger partial charge in [-0.15, -0.1) is 6.42 Å². The minimum Gasteiger partial charge on any atom is -0.380 e. The van der Waals surface area contributed by atoms with Crippen molar-refractivity contribution < 1.29 is 9.50 Å². The summed E-state index contributed by atoms with van der Waals surface area (Å²) in [4.78, 5) is 0. The molecule has 114 valence electrons. The van der Waals surface area contributed by atoms with Gasteiger partial charge in [0, 0.05) is 12.0 Å². The van der Waals surface area contributed by atoms with E-state index in [0.717, 1.165) is 27.5 Å². The topological polar surface area (TPSA) is 20.2 Å². The molecule has 3 aromatic rings. The molecule has 0 saturated heterocycles. The molecule has 0 bridgehead atoms. The molecule has 0 aromatic heterocycles. The van der Waals surface area contributed by atoms with Crippen molar-refractivity contribution in [2.24, 2.45) is 0 Å². The Balaban J connectivity index is 2.00. The van der Waals surface area contributed by atoms with Gasteiger partial charge in [0.25, 0.3) is 0 Å². The number of hydrogen-bond donors (Lipinski definition) is 1. The van der Waals surface area contributed by atoms with E-state index in [1.807, 2.05) is 55.5 Å². The van der Waals surface area contributed by atoms with Crippen LogP contribution in [-0.4, -0.2) is 11.2 Å². The van der Waals surface area contributed by atoms with E-state index in [1.165, 1.54) is 0 Å². The third kappa shape index (κ3) is 3.26. The second-order valence-electron chi connectivity index (χ2n) is 5.77. The number of fused-ring (bicyclic) bond motifs is 1. The quantitative estimate of drug-likeness (QED) is 0.707. The van der Waals surface area contributed by atoms with Crippen LogP contribution in [0.1, 0.15) is 11.1 Å². The van der Waals surface area contributed by atoms with Crippen molar-refractivity contribution in [1.82, 2.24) is 0 Å². The average Bonchev–Trinajstić information content (AvgIpc) is 2.54. The van der Waals surface area contributed by atoms with Crippen LogP contribution >= 0.6 is 0 Å². The summed E-state index contributed by atoms with van der Waals surface area (Å²) in [6.07, 6.45) is 4.87. The second-order valence-corrected chi connectivity index (χ2v) is 5.77. The van der Waals surface area contributed by atoms with Gasteiger partial charge < -0.3 is 5.11 Å². The fourth-order valence-electron chi connectivity index (χ4n) is 2.73. The molecule has 3 rings (SSSR count). The highest BCUT2D eigenvalue weighted by Gasteiger charge is 2.07. The maximum Gasteiger partial charge on any atom is 0.131 e. The summed E-state index contributed by atoms with van der Waals surface area (Å²) in [6.45, 7) is 1.87. The van der Waals surface area contributed by atoms with E-state index in [9.17, 15) is 9.50 Å². The van der Waals surface area contributed by atoms with Crippen molar-refractivity contribution >= 4 is 10.8 Å². The summed E-state index contributed by atoms with van der Waals surface area (Å²) >= 11 is 0. The van der Waals surface area contributed by atoms with Crippen molar-refractivity contribution in [3.63, 3.8) is 0 Å². The lowest BCUT2D eigenvalue weighted by Gasteiger charge is -2.09. The fourth-order valence-corrected chi connectivity index (χ4v) is 2.73. The van der Waals surface area contributed by atoms with Gasteiger partial charge in [-0.25, -0.2) is 4.39 Å². The van der Waals surface area contributed by atoms with E-state index >= 15 is 0 Å². The van der Waals surface area contributed by atoms with Crippen molar-refractivity contribution in [1.29, 1.82) is 0 Å². The van der Waals surface area contributed by atoms with Crippen LogP contribution in [0.2, 0.25) is 0 Å². The number of aliphatic hydroxyl groups is 1. The molecule has 1 nitrogen and oxygen atoms in total. The summed E-state index contributed by atoms with van der Waals surface area (Å²) < 4.78 is 14.1. The van der Waals surface area contributed by atoms with Gasteiger partial charge in [0.2, 0.25) is 0 Å². The predicted molar refractivity (Wildman–Crippen MR) is 92.6 cm³/mol. The average molecular weight is 304 g/mol. The lowest BCUT2D eigenvalue weighted by Crippen LogP contribution is -2.06. The summed E-state index contributed by atoms with van der Waals surface area (Å²) in [7, 11) is 0. The van der Waals surface area contributed by atoms with Crippen LogP contribution in [0.5, 0.6) is 0 Å². The molecule has 0 aliphatic rings. The number of halogens is 1. The summed E-state index contributed by atoms with van der Waals surface area (Å²) in [5.41, 5.74) is 3.34. The minimum absolute atomic E-state index is 0.210. The molecule has 0 heterocycles. The highest BCUT2D eigenvalue weighted by Crippen LogP contribution is 2.28. The van der Waals surface area contributed by atoms with E-state index < -0.39 is 6.10 Å². The van der Waals surface area contributed by atoms with Crippen molar-refractivity contribution in [3.05, 3.63) is 71.5 Å². The highest BCUT2D eigenvalue weighted by molar-refractivity contribution is 5.88. The SMILES string of the molecule is C#CC(O)Cc1ccc2cc(-c3ccc(C)cc3F)ccc2c1. The van der Waals surface area contributed by atoms with Gasteiger partial charge in [-0.2, -0.15) is 0 Å². The zero-order chi connectivity index (χ0) is 16.4. The first-order valence-electron chi connectivity index (χ1n) is 7.50. The van der Waals surface area contributed by atoms with E-state index in [1.54, 1.807) is 6.07 Å². The number of aryl methyl sites for hydroxylation is 1. The monoisotopic (exact) mass is 304 g/mol. The largest absolute Gasteiger partial charge is 0.380 e. The first-order chi connectivity index (χ1) is 11.1. The van der Waals surface area contributed by atoms with Crippen molar-refractivity contribution in [2.75, 3.05) is 0 Å². The molecular weight excluding hydrogens is 287 g/mol. The Morgan fingerprint density at radius 3 is 2.52 bits per heavy atom. The molecule has 3 aromatic carbocycles. The highest BCUT2D eigenvalue weighted by atomic mass is 19.1. The first kappa shape index (κ1) is 15.3. The van der Waals surface area contributed by atoms with Gasteiger partial charge >= 0.3 is 0 Å².